The van der Waals surface area contributed by atoms with Crippen LogP contribution in [0, 0.1) is 0 Å². The molecule has 0 spiro atoms. The van der Waals surface area contributed by atoms with Gasteiger partial charge in [-0.05, 0) is 67.9 Å². The molecule has 0 unspecified atom stereocenters. The molecule has 0 radical (unpaired) electrons. The lowest BCUT2D eigenvalue weighted by atomic mass is 10.2. The summed E-state index contributed by atoms with van der Waals surface area (Å²) in [5.74, 6) is 0.0469. The molecule has 0 saturated carbocycles. The number of thiophene rings is 1. The number of carbonyl (C=O) groups excluding carboxylic acids is 1. The third kappa shape index (κ3) is 4.50. The summed E-state index contributed by atoms with van der Waals surface area (Å²) in [6.45, 7) is 5.33. The van der Waals surface area contributed by atoms with Crippen molar-refractivity contribution in [3.63, 3.8) is 0 Å². The van der Waals surface area contributed by atoms with E-state index in [-0.39, 0.29) is 10.8 Å². The zero-order valence-electron chi connectivity index (χ0n) is 17.4. The highest BCUT2D eigenvalue weighted by atomic mass is 79.9. The van der Waals surface area contributed by atoms with Gasteiger partial charge in [0, 0.05) is 41.9 Å². The number of carbonyl (C=O) groups is 1. The van der Waals surface area contributed by atoms with Crippen molar-refractivity contribution >= 4 is 59.0 Å². The number of benzene rings is 2. The molecule has 9 heteroatoms. The molecule has 3 aromatic rings. The Morgan fingerprint density at radius 1 is 1.06 bits per heavy atom. The number of fused-ring (bicyclic) bond motifs is 1. The molecule has 0 atom stereocenters. The summed E-state index contributed by atoms with van der Waals surface area (Å²) in [5.41, 5.74) is 0.592. The normalized spacial score (nSPS) is 15.4. The van der Waals surface area contributed by atoms with Gasteiger partial charge in [-0.1, -0.05) is 15.9 Å². The van der Waals surface area contributed by atoms with Crippen LogP contribution in [0.2, 0.25) is 0 Å². The summed E-state index contributed by atoms with van der Waals surface area (Å²) in [6, 6.07) is 14.1. The van der Waals surface area contributed by atoms with Crippen LogP contribution in [0.15, 0.2) is 57.9 Å². The first-order valence-corrected chi connectivity index (χ1v) is 13.1. The first-order valence-electron chi connectivity index (χ1n) is 10.1. The number of rotatable bonds is 5. The van der Waals surface area contributed by atoms with Gasteiger partial charge in [0.1, 0.15) is 0 Å². The minimum atomic E-state index is -3.69. The molecule has 1 aliphatic heterocycles. The molecule has 2 aromatic carbocycles. The Morgan fingerprint density at radius 2 is 1.74 bits per heavy atom. The van der Waals surface area contributed by atoms with E-state index in [0.717, 1.165) is 40.7 Å². The number of piperazine rings is 1. The number of sulfonamides is 1. The van der Waals surface area contributed by atoms with Crippen LogP contribution in [-0.2, 0) is 10.0 Å². The lowest BCUT2D eigenvalue weighted by Gasteiger charge is -2.32. The van der Waals surface area contributed by atoms with Crippen molar-refractivity contribution < 1.29 is 13.2 Å². The van der Waals surface area contributed by atoms with Crippen LogP contribution in [0.5, 0.6) is 0 Å². The minimum Gasteiger partial charge on any atom is -0.335 e. The topological polar surface area (TPSA) is 60.9 Å². The summed E-state index contributed by atoms with van der Waals surface area (Å²) in [7, 11) is -1.63. The summed E-state index contributed by atoms with van der Waals surface area (Å²) in [5, 5.41) is 0.879. The molecule has 1 aromatic heterocycles. The predicted octanol–water partition coefficient (Wildman–Crippen LogP) is 4.27. The Labute approximate surface area is 195 Å². The summed E-state index contributed by atoms with van der Waals surface area (Å²) in [6.07, 6.45) is 0. The van der Waals surface area contributed by atoms with Gasteiger partial charge in [0.15, 0.2) is 0 Å². The molecule has 164 valence electrons. The molecule has 1 fully saturated rings. The molecule has 0 aliphatic carbocycles. The van der Waals surface area contributed by atoms with Gasteiger partial charge in [0.05, 0.1) is 15.5 Å². The summed E-state index contributed by atoms with van der Waals surface area (Å²) in [4.78, 5) is 18.0. The Morgan fingerprint density at radius 3 is 2.39 bits per heavy atom. The Bertz CT molecular complexity index is 1200. The van der Waals surface area contributed by atoms with Crippen LogP contribution in [-0.4, -0.2) is 63.9 Å². The highest BCUT2D eigenvalue weighted by Gasteiger charge is 2.25. The van der Waals surface area contributed by atoms with Crippen LogP contribution in [0.3, 0.4) is 0 Å². The van der Waals surface area contributed by atoms with Crippen LogP contribution < -0.4 is 4.31 Å². The van der Waals surface area contributed by atoms with E-state index < -0.39 is 10.0 Å². The van der Waals surface area contributed by atoms with Crippen molar-refractivity contribution in [3.8, 4) is 0 Å². The first kappa shape index (κ1) is 22.3. The van der Waals surface area contributed by atoms with Crippen molar-refractivity contribution in [2.45, 2.75) is 11.8 Å². The lowest BCUT2D eigenvalue weighted by molar-refractivity contribution is 0.0669. The average molecular weight is 522 g/mol. The van der Waals surface area contributed by atoms with Crippen LogP contribution in [0.1, 0.15) is 16.6 Å². The third-order valence-electron chi connectivity index (χ3n) is 5.48. The van der Waals surface area contributed by atoms with E-state index in [0.29, 0.717) is 17.1 Å². The zero-order chi connectivity index (χ0) is 22.2. The van der Waals surface area contributed by atoms with Gasteiger partial charge >= 0.3 is 0 Å². The van der Waals surface area contributed by atoms with Crippen molar-refractivity contribution in [2.75, 3.05) is 44.1 Å². The highest BCUT2D eigenvalue weighted by Crippen LogP contribution is 2.32. The molecule has 0 N–H and O–H groups in total. The highest BCUT2D eigenvalue weighted by molar-refractivity contribution is 9.10. The molecule has 1 saturated heterocycles. The molecule has 6 nitrogen and oxygen atoms in total. The average Bonchev–Trinajstić information content (AvgIpc) is 3.18. The third-order valence-corrected chi connectivity index (χ3v) is 9.03. The Hall–Kier alpha value is -1.94. The van der Waals surface area contributed by atoms with Gasteiger partial charge < -0.3 is 9.80 Å². The van der Waals surface area contributed by atoms with Crippen molar-refractivity contribution in [3.05, 3.63) is 57.9 Å². The number of hydrogen-bond acceptors (Lipinski definition) is 5. The van der Waals surface area contributed by atoms with E-state index in [1.807, 2.05) is 36.1 Å². The number of halogens is 1. The maximum absolute atomic E-state index is 13.2. The van der Waals surface area contributed by atoms with Gasteiger partial charge in [-0.15, -0.1) is 11.3 Å². The summed E-state index contributed by atoms with van der Waals surface area (Å²) >= 11 is 4.80. The van der Waals surface area contributed by atoms with E-state index in [4.69, 9.17) is 0 Å². The predicted molar refractivity (Wildman–Crippen MR) is 130 cm³/mol. The largest absolute Gasteiger partial charge is 0.335 e. The number of anilines is 1. The van der Waals surface area contributed by atoms with E-state index in [2.05, 4.69) is 27.9 Å². The minimum absolute atomic E-state index is 0.0469. The van der Waals surface area contributed by atoms with Gasteiger partial charge in [0.2, 0.25) is 0 Å². The number of hydrogen-bond donors (Lipinski definition) is 0. The number of nitrogens with zero attached hydrogens (tertiary/aromatic N) is 3. The lowest BCUT2D eigenvalue weighted by Crippen LogP contribution is -2.46. The van der Waals surface area contributed by atoms with Crippen molar-refractivity contribution in [1.29, 1.82) is 0 Å². The van der Waals surface area contributed by atoms with Crippen molar-refractivity contribution in [2.24, 2.45) is 0 Å². The second-order valence-electron chi connectivity index (χ2n) is 7.55. The molecule has 2 heterocycles. The maximum atomic E-state index is 13.2. The van der Waals surface area contributed by atoms with E-state index in [1.54, 1.807) is 24.3 Å². The second-order valence-corrected chi connectivity index (χ2v) is 11.4. The smallest absolute Gasteiger partial charge is 0.264 e. The van der Waals surface area contributed by atoms with Crippen LogP contribution in [0.25, 0.3) is 10.1 Å². The van der Waals surface area contributed by atoms with E-state index in [1.165, 1.54) is 15.6 Å². The molecular weight excluding hydrogens is 498 g/mol. The van der Waals surface area contributed by atoms with Gasteiger partial charge in [-0.2, -0.15) is 0 Å². The molecule has 1 amide bonds. The first-order chi connectivity index (χ1) is 14.8. The fourth-order valence-corrected chi connectivity index (χ4v) is 6.42. The number of amides is 1. The van der Waals surface area contributed by atoms with Crippen LogP contribution in [0.4, 0.5) is 5.69 Å². The fraction of sp³-hybridized carbons (Fsp3) is 0.318. The quantitative estimate of drug-likeness (QED) is 0.503. The molecule has 4 rings (SSSR count). The summed E-state index contributed by atoms with van der Waals surface area (Å²) < 4.78 is 29.6. The van der Waals surface area contributed by atoms with Gasteiger partial charge in [-0.25, -0.2) is 8.42 Å². The van der Waals surface area contributed by atoms with E-state index in [9.17, 15) is 13.2 Å². The number of likely N-dealkylation sites (N-methyl/N-ethyl adjacent to an activating group) is 1. The standard InChI is InChI=1S/C22H24BrN3O3S2/c1-3-26(31(28,29)19-7-4-17(23)5-8-19)18-6-9-20-16(14-18)15-21(30-20)22(27)25-12-10-24(2)11-13-25/h4-9,14-15H,3,10-13H2,1-2H3. The van der Waals surface area contributed by atoms with Gasteiger partial charge in [-0.3, -0.25) is 9.10 Å². The molecule has 31 heavy (non-hydrogen) atoms. The van der Waals surface area contributed by atoms with E-state index >= 15 is 0 Å². The van der Waals surface area contributed by atoms with Crippen molar-refractivity contribution in [1.82, 2.24) is 9.80 Å². The maximum Gasteiger partial charge on any atom is 0.264 e. The van der Waals surface area contributed by atoms with Gasteiger partial charge in [0.25, 0.3) is 15.9 Å². The molecule has 0 bridgehead atoms. The van der Waals surface area contributed by atoms with Crippen LogP contribution >= 0.6 is 27.3 Å². The molecule has 1 aliphatic rings. The molecular formula is C22H24BrN3O3S2. The SMILES string of the molecule is CCN(c1ccc2sc(C(=O)N3CCN(C)CC3)cc2c1)S(=O)(=O)c1ccc(Br)cc1. The Kier molecular flexibility index (Phi) is 6.39. The zero-order valence-corrected chi connectivity index (χ0v) is 20.6. The Balaban J connectivity index is 1.63. The monoisotopic (exact) mass is 521 g/mol. The second kappa shape index (κ2) is 8.90. The fourth-order valence-electron chi connectivity index (χ4n) is 3.68.